The van der Waals surface area contributed by atoms with Gasteiger partial charge in [-0.05, 0) is 27.7 Å². The lowest BCUT2D eigenvalue weighted by atomic mass is 10.1. The molecule has 0 amide bonds. The molecule has 0 saturated heterocycles. The van der Waals surface area contributed by atoms with Crippen LogP contribution in [0.5, 0.6) is 0 Å². The van der Waals surface area contributed by atoms with E-state index in [1.807, 2.05) is 6.92 Å². The molecule has 2 aromatic rings. The summed E-state index contributed by atoms with van der Waals surface area (Å²) in [5.41, 5.74) is 0.0116. The molecule has 0 aromatic carbocycles. The van der Waals surface area contributed by atoms with Crippen molar-refractivity contribution in [3.05, 3.63) is 23.7 Å². The van der Waals surface area contributed by atoms with Gasteiger partial charge in [-0.25, -0.2) is 4.98 Å². The summed E-state index contributed by atoms with van der Waals surface area (Å²) in [6.45, 7) is 9.03. The SMILES string of the molecule is Cc1cnc(CNc2nnc(CNC(C)(C)C)o2)o1. The Labute approximate surface area is 111 Å². The van der Waals surface area contributed by atoms with Gasteiger partial charge in [-0.1, -0.05) is 5.10 Å². The van der Waals surface area contributed by atoms with Gasteiger partial charge >= 0.3 is 6.01 Å². The average molecular weight is 265 g/mol. The molecule has 0 aliphatic rings. The van der Waals surface area contributed by atoms with Crippen molar-refractivity contribution in [2.45, 2.75) is 46.3 Å². The van der Waals surface area contributed by atoms with E-state index >= 15 is 0 Å². The predicted octanol–water partition coefficient (Wildman–Crippen LogP) is 1.87. The summed E-state index contributed by atoms with van der Waals surface area (Å²) in [6, 6.07) is 0.363. The maximum atomic E-state index is 5.44. The van der Waals surface area contributed by atoms with E-state index in [0.717, 1.165) is 5.76 Å². The van der Waals surface area contributed by atoms with Crippen molar-refractivity contribution in [3.63, 3.8) is 0 Å². The second-order valence-corrected chi connectivity index (χ2v) is 5.32. The Morgan fingerprint density at radius 2 is 1.89 bits per heavy atom. The lowest BCUT2D eigenvalue weighted by Gasteiger charge is -2.18. The van der Waals surface area contributed by atoms with Gasteiger partial charge in [-0.2, -0.15) is 0 Å². The standard InChI is InChI=1S/C12H19N5O2/c1-8-5-13-9(18-8)6-14-11-17-16-10(19-11)7-15-12(2,3)4/h5,15H,6-7H2,1-4H3,(H,14,17). The zero-order chi connectivity index (χ0) is 13.9. The molecule has 7 heteroatoms. The monoisotopic (exact) mass is 265 g/mol. The van der Waals surface area contributed by atoms with E-state index in [2.05, 4.69) is 46.6 Å². The second-order valence-electron chi connectivity index (χ2n) is 5.32. The Kier molecular flexibility index (Phi) is 3.84. The molecule has 0 aliphatic carbocycles. The van der Waals surface area contributed by atoms with Gasteiger partial charge in [-0.15, -0.1) is 5.10 Å². The third-order valence-electron chi connectivity index (χ3n) is 2.30. The molecule has 0 bridgehead atoms. The maximum absolute atomic E-state index is 5.44. The van der Waals surface area contributed by atoms with Gasteiger partial charge in [0.1, 0.15) is 5.76 Å². The average Bonchev–Trinajstić information content (AvgIpc) is 2.92. The minimum atomic E-state index is 0.0116. The predicted molar refractivity (Wildman–Crippen MR) is 69.5 cm³/mol. The quantitative estimate of drug-likeness (QED) is 0.852. The van der Waals surface area contributed by atoms with Gasteiger partial charge in [0.2, 0.25) is 11.8 Å². The van der Waals surface area contributed by atoms with Crippen LogP contribution in [0.1, 0.15) is 38.3 Å². The molecule has 0 aliphatic heterocycles. The van der Waals surface area contributed by atoms with Crippen LogP contribution in [0.3, 0.4) is 0 Å². The lowest BCUT2D eigenvalue weighted by molar-refractivity contribution is 0.383. The molecule has 2 N–H and O–H groups in total. The Bertz CT molecular complexity index is 526. The third kappa shape index (κ3) is 4.36. The Morgan fingerprint density at radius 1 is 1.11 bits per heavy atom. The lowest BCUT2D eigenvalue weighted by Crippen LogP contribution is -2.35. The van der Waals surface area contributed by atoms with E-state index in [1.54, 1.807) is 6.20 Å². The molecular formula is C12H19N5O2. The number of nitrogens with zero attached hydrogens (tertiary/aromatic N) is 3. The van der Waals surface area contributed by atoms with Gasteiger partial charge in [0.15, 0.2) is 0 Å². The normalized spacial score (nSPS) is 11.8. The molecule has 104 valence electrons. The highest BCUT2D eigenvalue weighted by Crippen LogP contribution is 2.09. The van der Waals surface area contributed by atoms with Crippen LogP contribution in [0.4, 0.5) is 6.01 Å². The highest BCUT2D eigenvalue weighted by atomic mass is 16.4. The number of oxazole rings is 1. The fourth-order valence-corrected chi connectivity index (χ4v) is 1.37. The van der Waals surface area contributed by atoms with Crippen LogP contribution in [0.15, 0.2) is 15.0 Å². The maximum Gasteiger partial charge on any atom is 0.315 e. The van der Waals surface area contributed by atoms with Crippen molar-refractivity contribution in [2.24, 2.45) is 0 Å². The first-order valence-corrected chi connectivity index (χ1v) is 6.15. The first-order chi connectivity index (χ1) is 8.92. The minimum absolute atomic E-state index is 0.0116. The van der Waals surface area contributed by atoms with E-state index in [-0.39, 0.29) is 5.54 Å². The fraction of sp³-hybridized carbons (Fsp3) is 0.583. The van der Waals surface area contributed by atoms with Crippen molar-refractivity contribution in [3.8, 4) is 0 Å². The molecule has 2 heterocycles. The molecular weight excluding hydrogens is 246 g/mol. The molecule has 0 unspecified atom stereocenters. The van der Waals surface area contributed by atoms with Crippen LogP contribution >= 0.6 is 0 Å². The summed E-state index contributed by atoms with van der Waals surface area (Å²) >= 11 is 0. The number of aromatic nitrogens is 3. The zero-order valence-corrected chi connectivity index (χ0v) is 11.6. The number of nitrogens with one attached hydrogen (secondary N) is 2. The van der Waals surface area contributed by atoms with Crippen LogP contribution in [0.2, 0.25) is 0 Å². The number of anilines is 1. The van der Waals surface area contributed by atoms with E-state index in [0.29, 0.717) is 30.9 Å². The summed E-state index contributed by atoms with van der Waals surface area (Å²) in [5, 5.41) is 14.1. The van der Waals surface area contributed by atoms with Crippen LogP contribution in [-0.4, -0.2) is 20.7 Å². The highest BCUT2D eigenvalue weighted by Gasteiger charge is 2.12. The molecule has 7 nitrogen and oxygen atoms in total. The molecule has 2 aromatic heterocycles. The van der Waals surface area contributed by atoms with Gasteiger partial charge in [0.25, 0.3) is 0 Å². The van der Waals surface area contributed by atoms with E-state index < -0.39 is 0 Å². The second kappa shape index (κ2) is 5.40. The summed E-state index contributed by atoms with van der Waals surface area (Å²) in [6.07, 6.45) is 1.67. The summed E-state index contributed by atoms with van der Waals surface area (Å²) in [4.78, 5) is 4.07. The largest absolute Gasteiger partial charge is 0.444 e. The molecule has 0 atom stereocenters. The first kappa shape index (κ1) is 13.5. The van der Waals surface area contributed by atoms with Crippen LogP contribution in [0, 0.1) is 6.92 Å². The van der Waals surface area contributed by atoms with Crippen molar-refractivity contribution in [1.29, 1.82) is 0 Å². The van der Waals surface area contributed by atoms with Gasteiger partial charge < -0.3 is 19.5 Å². The molecule has 0 radical (unpaired) electrons. The summed E-state index contributed by atoms with van der Waals surface area (Å²) in [5.74, 6) is 1.91. The molecule has 19 heavy (non-hydrogen) atoms. The first-order valence-electron chi connectivity index (χ1n) is 6.15. The minimum Gasteiger partial charge on any atom is -0.444 e. The summed E-state index contributed by atoms with van der Waals surface area (Å²) < 4.78 is 10.8. The van der Waals surface area contributed by atoms with Crippen LogP contribution in [0.25, 0.3) is 0 Å². The molecule has 0 fully saturated rings. The fourth-order valence-electron chi connectivity index (χ4n) is 1.37. The van der Waals surface area contributed by atoms with Crippen LogP contribution < -0.4 is 10.6 Å². The zero-order valence-electron chi connectivity index (χ0n) is 11.6. The number of rotatable bonds is 5. The topological polar surface area (TPSA) is 89.0 Å². The van der Waals surface area contributed by atoms with Gasteiger partial charge in [0.05, 0.1) is 19.3 Å². The van der Waals surface area contributed by atoms with E-state index in [9.17, 15) is 0 Å². The van der Waals surface area contributed by atoms with Crippen molar-refractivity contribution in [1.82, 2.24) is 20.5 Å². The summed E-state index contributed by atoms with van der Waals surface area (Å²) in [7, 11) is 0. The molecule has 0 saturated carbocycles. The third-order valence-corrected chi connectivity index (χ3v) is 2.30. The van der Waals surface area contributed by atoms with E-state index in [1.165, 1.54) is 0 Å². The van der Waals surface area contributed by atoms with Crippen molar-refractivity contribution in [2.75, 3.05) is 5.32 Å². The van der Waals surface area contributed by atoms with Gasteiger partial charge in [0, 0.05) is 5.54 Å². The number of hydrogen-bond acceptors (Lipinski definition) is 7. The number of aryl methyl sites for hydroxylation is 1. The number of hydrogen-bond donors (Lipinski definition) is 2. The van der Waals surface area contributed by atoms with Crippen molar-refractivity contribution < 1.29 is 8.83 Å². The Balaban J connectivity index is 1.84. The van der Waals surface area contributed by atoms with E-state index in [4.69, 9.17) is 8.83 Å². The smallest absolute Gasteiger partial charge is 0.315 e. The molecule has 0 spiro atoms. The Hall–Kier alpha value is -1.89. The Morgan fingerprint density at radius 3 is 2.53 bits per heavy atom. The van der Waals surface area contributed by atoms with Crippen molar-refractivity contribution >= 4 is 6.01 Å². The van der Waals surface area contributed by atoms with Crippen LogP contribution in [-0.2, 0) is 13.1 Å². The van der Waals surface area contributed by atoms with Gasteiger partial charge in [-0.3, -0.25) is 0 Å². The molecule has 2 rings (SSSR count). The highest BCUT2D eigenvalue weighted by molar-refractivity contribution is 5.17.